The van der Waals surface area contributed by atoms with Crippen molar-refractivity contribution in [2.75, 3.05) is 26.3 Å². The lowest BCUT2D eigenvalue weighted by molar-refractivity contribution is 0.0754. The fraction of sp³-hybridized carbons (Fsp3) is 0.625. The molecule has 21 heavy (non-hydrogen) atoms. The summed E-state index contributed by atoms with van der Waals surface area (Å²) in [5.74, 6) is 0.366. The molecule has 0 radical (unpaired) electrons. The highest BCUT2D eigenvalue weighted by Crippen LogP contribution is 2.18. The lowest BCUT2D eigenvalue weighted by Crippen LogP contribution is -2.31. The molecule has 0 aliphatic carbocycles. The number of amides is 1. The summed E-state index contributed by atoms with van der Waals surface area (Å²) in [6.45, 7) is 7.57. The van der Waals surface area contributed by atoms with Gasteiger partial charge in [0.2, 0.25) is 0 Å². The first-order valence-corrected chi connectivity index (χ1v) is 7.73. The monoisotopic (exact) mass is 292 g/mol. The van der Waals surface area contributed by atoms with E-state index >= 15 is 0 Å². The summed E-state index contributed by atoms with van der Waals surface area (Å²) < 4.78 is 7.14. The van der Waals surface area contributed by atoms with Crippen molar-refractivity contribution < 1.29 is 9.53 Å². The molecule has 2 rings (SSSR count). The SMILES string of the molecule is CCCOC[C@H]1CCN(C(=O)c2ccn(CC)c(=O)c2)C1. The largest absolute Gasteiger partial charge is 0.381 e. The van der Waals surface area contributed by atoms with E-state index in [9.17, 15) is 9.59 Å². The number of rotatable bonds is 6. The molecule has 1 aliphatic rings. The van der Waals surface area contributed by atoms with Crippen LogP contribution < -0.4 is 5.56 Å². The molecule has 5 heteroatoms. The minimum Gasteiger partial charge on any atom is -0.381 e. The van der Waals surface area contributed by atoms with E-state index in [1.807, 2.05) is 11.8 Å². The maximum absolute atomic E-state index is 12.4. The molecule has 2 heterocycles. The van der Waals surface area contributed by atoms with E-state index in [1.165, 1.54) is 6.07 Å². The highest BCUT2D eigenvalue weighted by Gasteiger charge is 2.27. The van der Waals surface area contributed by atoms with Crippen LogP contribution in [0.3, 0.4) is 0 Å². The van der Waals surface area contributed by atoms with Crippen LogP contribution in [0.15, 0.2) is 23.1 Å². The van der Waals surface area contributed by atoms with Crippen LogP contribution >= 0.6 is 0 Å². The Balaban J connectivity index is 1.95. The Labute approximate surface area is 125 Å². The number of aryl methyl sites for hydroxylation is 1. The van der Waals surface area contributed by atoms with Crippen LogP contribution in [-0.2, 0) is 11.3 Å². The third kappa shape index (κ3) is 3.94. The molecule has 1 saturated heterocycles. The maximum Gasteiger partial charge on any atom is 0.254 e. The number of hydrogen-bond donors (Lipinski definition) is 0. The van der Waals surface area contributed by atoms with Crippen LogP contribution in [0.5, 0.6) is 0 Å². The Kier molecular flexibility index (Phi) is 5.56. The molecule has 1 amide bonds. The number of carbonyl (C=O) groups is 1. The molecule has 116 valence electrons. The molecule has 1 aromatic rings. The molecule has 0 N–H and O–H groups in total. The fourth-order valence-corrected chi connectivity index (χ4v) is 2.63. The van der Waals surface area contributed by atoms with Gasteiger partial charge in [-0.3, -0.25) is 9.59 Å². The maximum atomic E-state index is 12.4. The van der Waals surface area contributed by atoms with Gasteiger partial charge in [0.1, 0.15) is 0 Å². The number of carbonyl (C=O) groups excluding carboxylic acids is 1. The summed E-state index contributed by atoms with van der Waals surface area (Å²) in [4.78, 5) is 26.0. The molecule has 1 fully saturated rings. The summed E-state index contributed by atoms with van der Waals surface area (Å²) in [7, 11) is 0. The lowest BCUT2D eigenvalue weighted by Gasteiger charge is -2.17. The Morgan fingerprint density at radius 3 is 2.90 bits per heavy atom. The van der Waals surface area contributed by atoms with Gasteiger partial charge in [0, 0.05) is 50.0 Å². The summed E-state index contributed by atoms with van der Waals surface area (Å²) in [6.07, 6.45) is 3.68. The molecule has 5 nitrogen and oxygen atoms in total. The fourth-order valence-electron chi connectivity index (χ4n) is 2.63. The van der Waals surface area contributed by atoms with Crippen molar-refractivity contribution in [1.29, 1.82) is 0 Å². The van der Waals surface area contributed by atoms with Crippen molar-refractivity contribution in [2.45, 2.75) is 33.2 Å². The van der Waals surface area contributed by atoms with E-state index < -0.39 is 0 Å². The standard InChI is InChI=1S/C16H24N2O3/c1-3-9-21-12-13-5-7-18(11-13)16(20)14-6-8-17(4-2)15(19)10-14/h6,8,10,13H,3-5,7,9,11-12H2,1-2H3/t13-/m0/s1. The molecule has 1 aromatic heterocycles. The second-order valence-electron chi connectivity index (χ2n) is 5.52. The lowest BCUT2D eigenvalue weighted by atomic mass is 10.1. The number of likely N-dealkylation sites (tertiary alicyclic amines) is 1. The minimum atomic E-state index is -0.120. The Bertz CT molecular complexity index is 539. The molecular formula is C16H24N2O3. The van der Waals surface area contributed by atoms with E-state index in [0.717, 1.165) is 39.1 Å². The molecular weight excluding hydrogens is 268 g/mol. The summed E-state index contributed by atoms with van der Waals surface area (Å²) >= 11 is 0. The Morgan fingerprint density at radius 1 is 1.43 bits per heavy atom. The van der Waals surface area contributed by atoms with Crippen LogP contribution in [0.2, 0.25) is 0 Å². The van der Waals surface area contributed by atoms with E-state index in [-0.39, 0.29) is 11.5 Å². The van der Waals surface area contributed by atoms with Gasteiger partial charge in [-0.25, -0.2) is 0 Å². The van der Waals surface area contributed by atoms with E-state index in [2.05, 4.69) is 6.92 Å². The van der Waals surface area contributed by atoms with Crippen LogP contribution in [0.4, 0.5) is 0 Å². The first-order valence-electron chi connectivity index (χ1n) is 7.73. The first-order chi connectivity index (χ1) is 10.2. The van der Waals surface area contributed by atoms with E-state index in [1.54, 1.807) is 16.8 Å². The van der Waals surface area contributed by atoms with Gasteiger partial charge < -0.3 is 14.2 Å². The predicted molar refractivity (Wildman–Crippen MR) is 81.5 cm³/mol. The van der Waals surface area contributed by atoms with Gasteiger partial charge in [-0.2, -0.15) is 0 Å². The Hall–Kier alpha value is -1.62. The van der Waals surface area contributed by atoms with Gasteiger partial charge in [-0.15, -0.1) is 0 Å². The molecule has 1 aliphatic heterocycles. The number of hydrogen-bond acceptors (Lipinski definition) is 3. The van der Waals surface area contributed by atoms with Gasteiger partial charge in [-0.05, 0) is 25.8 Å². The zero-order valence-electron chi connectivity index (χ0n) is 12.9. The van der Waals surface area contributed by atoms with E-state index in [0.29, 0.717) is 18.0 Å². The third-order valence-electron chi connectivity index (χ3n) is 3.86. The number of aromatic nitrogens is 1. The quantitative estimate of drug-likeness (QED) is 0.751. The van der Waals surface area contributed by atoms with Crippen molar-refractivity contribution in [3.63, 3.8) is 0 Å². The van der Waals surface area contributed by atoms with E-state index in [4.69, 9.17) is 4.74 Å². The molecule has 0 unspecified atom stereocenters. The van der Waals surface area contributed by atoms with Crippen LogP contribution in [0.25, 0.3) is 0 Å². The van der Waals surface area contributed by atoms with Gasteiger partial charge in [0.15, 0.2) is 0 Å². The number of ether oxygens (including phenoxy) is 1. The molecule has 0 aromatic carbocycles. The molecule has 1 atom stereocenters. The van der Waals surface area contributed by atoms with Crippen molar-refractivity contribution in [3.05, 3.63) is 34.2 Å². The normalized spacial score (nSPS) is 18.2. The average molecular weight is 292 g/mol. The van der Waals surface area contributed by atoms with Crippen LogP contribution in [-0.4, -0.2) is 41.7 Å². The van der Waals surface area contributed by atoms with Crippen molar-refractivity contribution in [2.24, 2.45) is 5.92 Å². The van der Waals surface area contributed by atoms with Crippen LogP contribution in [0, 0.1) is 5.92 Å². The van der Waals surface area contributed by atoms with Crippen molar-refractivity contribution >= 4 is 5.91 Å². The second-order valence-corrected chi connectivity index (χ2v) is 5.52. The molecule has 0 spiro atoms. The van der Waals surface area contributed by atoms with Crippen molar-refractivity contribution in [1.82, 2.24) is 9.47 Å². The molecule has 0 bridgehead atoms. The minimum absolute atomic E-state index is 0.0478. The molecule has 0 saturated carbocycles. The number of nitrogens with zero attached hydrogens (tertiary/aromatic N) is 2. The average Bonchev–Trinajstić information content (AvgIpc) is 2.95. The Morgan fingerprint density at radius 2 is 2.24 bits per heavy atom. The smallest absolute Gasteiger partial charge is 0.254 e. The highest BCUT2D eigenvalue weighted by atomic mass is 16.5. The first kappa shape index (κ1) is 15.8. The zero-order chi connectivity index (χ0) is 15.2. The second kappa shape index (κ2) is 7.41. The topological polar surface area (TPSA) is 51.5 Å². The van der Waals surface area contributed by atoms with Gasteiger partial charge in [0.05, 0.1) is 6.61 Å². The summed E-state index contributed by atoms with van der Waals surface area (Å²) in [6, 6.07) is 3.17. The zero-order valence-corrected chi connectivity index (χ0v) is 12.9. The third-order valence-corrected chi connectivity index (χ3v) is 3.86. The summed E-state index contributed by atoms with van der Waals surface area (Å²) in [5.41, 5.74) is 0.366. The number of pyridine rings is 1. The predicted octanol–water partition coefficient (Wildman–Crippen LogP) is 1.76. The highest BCUT2D eigenvalue weighted by molar-refractivity contribution is 5.94. The van der Waals surface area contributed by atoms with Gasteiger partial charge >= 0.3 is 0 Å². The summed E-state index contributed by atoms with van der Waals surface area (Å²) in [5, 5.41) is 0. The van der Waals surface area contributed by atoms with Crippen molar-refractivity contribution in [3.8, 4) is 0 Å². The van der Waals surface area contributed by atoms with Gasteiger partial charge in [-0.1, -0.05) is 6.92 Å². The van der Waals surface area contributed by atoms with Crippen LogP contribution in [0.1, 0.15) is 37.0 Å². The van der Waals surface area contributed by atoms with Gasteiger partial charge in [0.25, 0.3) is 11.5 Å².